The van der Waals surface area contributed by atoms with Gasteiger partial charge in [-0.05, 0) is 29.8 Å². The molecule has 0 spiro atoms. The van der Waals surface area contributed by atoms with Gasteiger partial charge >= 0.3 is 0 Å². The molecule has 0 bridgehead atoms. The predicted octanol–water partition coefficient (Wildman–Crippen LogP) is 3.90. The highest BCUT2D eigenvalue weighted by molar-refractivity contribution is 6.30. The van der Waals surface area contributed by atoms with E-state index in [1.165, 1.54) is 19.2 Å². The van der Waals surface area contributed by atoms with Crippen LogP contribution in [0.15, 0.2) is 36.4 Å². The van der Waals surface area contributed by atoms with Crippen molar-refractivity contribution in [1.82, 2.24) is 0 Å². The Morgan fingerprint density at radius 2 is 2.00 bits per heavy atom. The Balaban J connectivity index is 2.30. The molecule has 20 heavy (non-hydrogen) atoms. The number of halogens is 3. The van der Waals surface area contributed by atoms with Crippen molar-refractivity contribution >= 4 is 11.6 Å². The molecule has 2 rings (SSSR count). The lowest BCUT2D eigenvalue weighted by molar-refractivity contribution is 0.172. The van der Waals surface area contributed by atoms with Crippen LogP contribution < -0.4 is 4.74 Å². The normalized spacial score (nSPS) is 12.2. The quantitative estimate of drug-likeness (QED) is 0.927. The molecule has 0 aromatic heterocycles. The summed E-state index contributed by atoms with van der Waals surface area (Å²) in [6.07, 6.45) is -1.11. The van der Waals surface area contributed by atoms with Crippen LogP contribution in [0.2, 0.25) is 5.02 Å². The van der Waals surface area contributed by atoms with E-state index in [1.54, 1.807) is 18.2 Å². The summed E-state index contributed by atoms with van der Waals surface area (Å²) in [5.41, 5.74) is 0.531. The molecule has 0 aliphatic heterocycles. The summed E-state index contributed by atoms with van der Waals surface area (Å²) in [4.78, 5) is 0. The fourth-order valence-corrected chi connectivity index (χ4v) is 2.17. The molecule has 0 saturated heterocycles. The monoisotopic (exact) mass is 298 g/mol. The molecule has 0 amide bonds. The van der Waals surface area contributed by atoms with Crippen LogP contribution in [0.1, 0.15) is 17.2 Å². The summed E-state index contributed by atoms with van der Waals surface area (Å²) in [5, 5.41) is 10.6. The lowest BCUT2D eigenvalue weighted by atomic mass is 10.00. The summed E-state index contributed by atoms with van der Waals surface area (Å²) in [6.45, 7) is 0. The van der Waals surface area contributed by atoms with Gasteiger partial charge in [-0.2, -0.15) is 0 Å². The van der Waals surface area contributed by atoms with Crippen molar-refractivity contribution in [2.75, 3.05) is 7.11 Å². The van der Waals surface area contributed by atoms with Crippen molar-refractivity contribution in [3.63, 3.8) is 0 Å². The van der Waals surface area contributed by atoms with E-state index in [0.717, 1.165) is 6.07 Å². The molecule has 106 valence electrons. The third-order valence-electron chi connectivity index (χ3n) is 3.00. The van der Waals surface area contributed by atoms with E-state index in [4.69, 9.17) is 16.3 Å². The van der Waals surface area contributed by atoms with E-state index in [9.17, 15) is 13.9 Å². The first-order chi connectivity index (χ1) is 9.52. The van der Waals surface area contributed by atoms with Crippen LogP contribution in [0, 0.1) is 11.6 Å². The average molecular weight is 299 g/mol. The van der Waals surface area contributed by atoms with Gasteiger partial charge in [-0.15, -0.1) is 0 Å². The standard InChI is InChI=1S/C15H13ClF2O2/c1-20-14-6-5-10(16)8-11(14)13(19)7-9-3-2-4-12(17)15(9)18/h2-6,8,13,19H,7H2,1H3. The first-order valence-electron chi connectivity index (χ1n) is 5.97. The molecule has 2 nitrogen and oxygen atoms in total. The van der Waals surface area contributed by atoms with Crippen molar-refractivity contribution in [3.8, 4) is 5.75 Å². The fourth-order valence-electron chi connectivity index (χ4n) is 1.99. The second-order valence-electron chi connectivity index (χ2n) is 4.32. The molecule has 0 fully saturated rings. The third kappa shape index (κ3) is 3.08. The van der Waals surface area contributed by atoms with E-state index in [-0.39, 0.29) is 12.0 Å². The maximum Gasteiger partial charge on any atom is 0.162 e. The van der Waals surface area contributed by atoms with E-state index in [0.29, 0.717) is 16.3 Å². The van der Waals surface area contributed by atoms with E-state index >= 15 is 0 Å². The molecule has 1 unspecified atom stereocenters. The Morgan fingerprint density at radius 1 is 1.25 bits per heavy atom. The summed E-state index contributed by atoms with van der Waals surface area (Å²) in [7, 11) is 1.46. The zero-order chi connectivity index (χ0) is 14.7. The molecule has 0 radical (unpaired) electrons. The number of rotatable bonds is 4. The minimum Gasteiger partial charge on any atom is -0.496 e. The van der Waals surface area contributed by atoms with Crippen LogP contribution in [0.25, 0.3) is 0 Å². The highest BCUT2D eigenvalue weighted by atomic mass is 35.5. The molecule has 2 aromatic rings. The smallest absolute Gasteiger partial charge is 0.162 e. The second kappa shape index (κ2) is 6.20. The predicted molar refractivity (Wildman–Crippen MR) is 73.0 cm³/mol. The molecule has 0 heterocycles. The highest BCUT2D eigenvalue weighted by Crippen LogP contribution is 2.30. The van der Waals surface area contributed by atoms with Crippen molar-refractivity contribution in [2.24, 2.45) is 0 Å². The zero-order valence-corrected chi connectivity index (χ0v) is 11.5. The van der Waals surface area contributed by atoms with E-state index in [2.05, 4.69) is 0 Å². The van der Waals surface area contributed by atoms with E-state index < -0.39 is 17.7 Å². The first-order valence-corrected chi connectivity index (χ1v) is 6.35. The van der Waals surface area contributed by atoms with Gasteiger partial charge in [0.2, 0.25) is 0 Å². The first kappa shape index (κ1) is 14.8. The van der Waals surface area contributed by atoms with Gasteiger partial charge in [0.05, 0.1) is 13.2 Å². The van der Waals surface area contributed by atoms with Crippen molar-refractivity contribution in [2.45, 2.75) is 12.5 Å². The minimum atomic E-state index is -1.04. The van der Waals surface area contributed by atoms with Gasteiger partial charge in [0, 0.05) is 17.0 Å². The summed E-state index contributed by atoms with van der Waals surface area (Å²) < 4.78 is 31.9. The number of aliphatic hydroxyl groups excluding tert-OH is 1. The van der Waals surface area contributed by atoms with E-state index in [1.807, 2.05) is 0 Å². The number of methoxy groups -OCH3 is 1. The second-order valence-corrected chi connectivity index (χ2v) is 4.76. The highest BCUT2D eigenvalue weighted by Gasteiger charge is 2.17. The van der Waals surface area contributed by atoms with Gasteiger partial charge in [-0.1, -0.05) is 23.7 Å². The van der Waals surface area contributed by atoms with Crippen molar-refractivity contribution in [1.29, 1.82) is 0 Å². The maximum atomic E-state index is 13.6. The number of hydrogen-bond donors (Lipinski definition) is 1. The van der Waals surface area contributed by atoms with Gasteiger partial charge < -0.3 is 9.84 Å². The van der Waals surface area contributed by atoms with Crippen LogP contribution in [0.5, 0.6) is 5.75 Å². The number of benzene rings is 2. The fraction of sp³-hybridized carbons (Fsp3) is 0.200. The summed E-state index contributed by atoms with van der Waals surface area (Å²) in [5.74, 6) is -1.45. The molecule has 0 saturated carbocycles. The van der Waals surface area contributed by atoms with Gasteiger partial charge in [0.1, 0.15) is 5.75 Å². The molecular formula is C15H13ClF2O2. The molecule has 1 N–H and O–H groups in total. The summed E-state index contributed by atoms with van der Waals surface area (Å²) in [6, 6.07) is 8.64. The SMILES string of the molecule is COc1ccc(Cl)cc1C(O)Cc1cccc(F)c1F. The van der Waals surface area contributed by atoms with Crippen LogP contribution >= 0.6 is 11.6 Å². The van der Waals surface area contributed by atoms with Crippen LogP contribution in [-0.4, -0.2) is 12.2 Å². The van der Waals surface area contributed by atoms with Crippen molar-refractivity contribution < 1.29 is 18.6 Å². The minimum absolute atomic E-state index is 0.0692. The summed E-state index contributed by atoms with van der Waals surface area (Å²) >= 11 is 5.88. The topological polar surface area (TPSA) is 29.5 Å². The van der Waals surface area contributed by atoms with Gasteiger partial charge in [0.25, 0.3) is 0 Å². The largest absolute Gasteiger partial charge is 0.496 e. The molecular weight excluding hydrogens is 286 g/mol. The van der Waals surface area contributed by atoms with Crippen molar-refractivity contribution in [3.05, 3.63) is 64.2 Å². The van der Waals surface area contributed by atoms with Crippen LogP contribution in [0.3, 0.4) is 0 Å². The molecule has 5 heteroatoms. The lowest BCUT2D eigenvalue weighted by Gasteiger charge is -2.15. The Labute approximate surface area is 120 Å². The Kier molecular flexibility index (Phi) is 4.57. The molecule has 1 atom stereocenters. The molecule has 0 aliphatic carbocycles. The van der Waals surface area contributed by atoms with Gasteiger partial charge in [-0.25, -0.2) is 8.78 Å². The third-order valence-corrected chi connectivity index (χ3v) is 3.23. The maximum absolute atomic E-state index is 13.6. The Morgan fingerprint density at radius 3 is 2.70 bits per heavy atom. The number of aliphatic hydroxyl groups is 1. The zero-order valence-electron chi connectivity index (χ0n) is 10.7. The Hall–Kier alpha value is -1.65. The van der Waals surface area contributed by atoms with Gasteiger partial charge in [0.15, 0.2) is 11.6 Å². The lowest BCUT2D eigenvalue weighted by Crippen LogP contribution is -2.06. The molecule has 0 aliphatic rings. The Bertz CT molecular complexity index is 617. The number of ether oxygens (including phenoxy) is 1. The average Bonchev–Trinajstić information content (AvgIpc) is 2.43. The van der Waals surface area contributed by atoms with Gasteiger partial charge in [-0.3, -0.25) is 0 Å². The van der Waals surface area contributed by atoms with Crippen LogP contribution in [-0.2, 0) is 6.42 Å². The number of hydrogen-bond acceptors (Lipinski definition) is 2. The van der Waals surface area contributed by atoms with Crippen LogP contribution in [0.4, 0.5) is 8.78 Å². The molecule has 2 aromatic carbocycles.